The Morgan fingerprint density at radius 3 is 2.30 bits per heavy atom. The number of nitrogens with zero attached hydrogens (tertiary/aromatic N) is 2. The predicted octanol–water partition coefficient (Wildman–Crippen LogP) is 3.37. The Bertz CT molecular complexity index is 981. The molecule has 0 aliphatic rings. The van der Waals surface area contributed by atoms with Crippen LogP contribution in [0.2, 0.25) is 0 Å². The molecule has 23 heavy (non-hydrogen) atoms. The lowest BCUT2D eigenvalue weighted by Gasteiger charge is -2.14. The number of rotatable bonds is 3. The Hall–Kier alpha value is -2.34. The molecule has 3 aromatic rings. The lowest BCUT2D eigenvalue weighted by molar-refractivity contribution is 0.600. The van der Waals surface area contributed by atoms with E-state index in [4.69, 9.17) is 0 Å². The Kier molecular flexibility index (Phi) is 3.64. The van der Waals surface area contributed by atoms with Crippen molar-refractivity contribution in [3.05, 3.63) is 59.0 Å². The van der Waals surface area contributed by atoms with E-state index in [1.54, 1.807) is 18.3 Å². The number of sulfonamides is 1. The molecule has 0 atom stereocenters. The number of benzene rings is 1. The summed E-state index contributed by atoms with van der Waals surface area (Å²) < 4.78 is 30.0. The van der Waals surface area contributed by atoms with Crippen LogP contribution in [0.15, 0.2) is 41.6 Å². The molecule has 0 aliphatic carbocycles. The van der Waals surface area contributed by atoms with Crippen molar-refractivity contribution >= 4 is 21.4 Å². The number of hydrogen-bond acceptors (Lipinski definition) is 3. The molecule has 0 amide bonds. The maximum absolute atomic E-state index is 12.8. The van der Waals surface area contributed by atoms with Gasteiger partial charge in [-0.05, 0) is 51.0 Å². The molecule has 0 bridgehead atoms. The van der Waals surface area contributed by atoms with Crippen LogP contribution < -0.4 is 4.72 Å². The van der Waals surface area contributed by atoms with E-state index in [0.717, 1.165) is 28.0 Å². The summed E-state index contributed by atoms with van der Waals surface area (Å²) in [6.45, 7) is 7.49. The van der Waals surface area contributed by atoms with Crippen LogP contribution in [-0.2, 0) is 10.0 Å². The minimum atomic E-state index is -3.64. The van der Waals surface area contributed by atoms with Crippen LogP contribution in [0.3, 0.4) is 0 Å². The number of pyridine rings is 1. The van der Waals surface area contributed by atoms with Crippen LogP contribution in [0.1, 0.15) is 22.4 Å². The summed E-state index contributed by atoms with van der Waals surface area (Å²) in [6.07, 6.45) is 3.58. The van der Waals surface area contributed by atoms with Crippen molar-refractivity contribution in [2.75, 3.05) is 4.72 Å². The molecule has 2 aromatic heterocycles. The molecular weight excluding hydrogens is 310 g/mol. The summed E-state index contributed by atoms with van der Waals surface area (Å²) >= 11 is 0. The third kappa shape index (κ3) is 2.94. The number of hydrogen-bond donors (Lipinski definition) is 1. The fraction of sp³-hybridized carbons (Fsp3) is 0.235. The van der Waals surface area contributed by atoms with E-state index < -0.39 is 10.0 Å². The maximum atomic E-state index is 12.8. The minimum absolute atomic E-state index is 0.338. The first-order valence-electron chi connectivity index (χ1n) is 7.32. The van der Waals surface area contributed by atoms with Crippen molar-refractivity contribution < 1.29 is 8.42 Å². The molecule has 0 saturated carbocycles. The lowest BCUT2D eigenvalue weighted by atomic mass is 10.1. The smallest absolute Gasteiger partial charge is 0.262 e. The third-order valence-corrected chi connectivity index (χ3v) is 5.38. The van der Waals surface area contributed by atoms with Crippen LogP contribution in [0.25, 0.3) is 5.65 Å². The van der Waals surface area contributed by atoms with Crippen LogP contribution in [0, 0.1) is 27.7 Å². The third-order valence-electron chi connectivity index (χ3n) is 3.70. The summed E-state index contributed by atoms with van der Waals surface area (Å²) in [5, 5.41) is 0. The molecule has 3 rings (SSSR count). The molecule has 120 valence electrons. The zero-order chi connectivity index (χ0) is 16.8. The Morgan fingerprint density at radius 2 is 1.65 bits per heavy atom. The van der Waals surface area contributed by atoms with Gasteiger partial charge in [-0.25, -0.2) is 13.4 Å². The van der Waals surface area contributed by atoms with Gasteiger partial charge in [0.1, 0.15) is 5.65 Å². The highest BCUT2D eigenvalue weighted by Gasteiger charge is 2.20. The molecule has 1 N–H and O–H groups in total. The van der Waals surface area contributed by atoms with Crippen molar-refractivity contribution in [1.82, 2.24) is 9.38 Å². The SMILES string of the molecule is Cc1cc(C)c(S(=O)(=O)Nc2ccc3nc(C)cn3c2)c(C)c1. The summed E-state index contributed by atoms with van der Waals surface area (Å²) in [7, 11) is -3.64. The largest absolute Gasteiger partial charge is 0.305 e. The molecule has 0 unspecified atom stereocenters. The van der Waals surface area contributed by atoms with E-state index in [9.17, 15) is 8.42 Å². The number of aryl methyl sites for hydroxylation is 4. The Morgan fingerprint density at radius 1 is 1.00 bits per heavy atom. The van der Waals surface area contributed by atoms with Gasteiger partial charge in [0.25, 0.3) is 10.0 Å². The number of nitrogens with one attached hydrogen (secondary N) is 1. The average molecular weight is 329 g/mol. The average Bonchev–Trinajstić information content (AvgIpc) is 2.75. The van der Waals surface area contributed by atoms with Gasteiger partial charge in [0.05, 0.1) is 16.3 Å². The zero-order valence-electron chi connectivity index (χ0n) is 13.6. The van der Waals surface area contributed by atoms with Crippen molar-refractivity contribution in [3.8, 4) is 0 Å². The molecule has 0 fully saturated rings. The molecule has 0 radical (unpaired) electrons. The molecular formula is C17H19N3O2S. The van der Waals surface area contributed by atoms with E-state index in [2.05, 4.69) is 9.71 Å². The van der Waals surface area contributed by atoms with Gasteiger partial charge in [0, 0.05) is 12.4 Å². The van der Waals surface area contributed by atoms with E-state index in [1.165, 1.54) is 0 Å². The van der Waals surface area contributed by atoms with Gasteiger partial charge in [0.2, 0.25) is 0 Å². The van der Waals surface area contributed by atoms with E-state index in [1.807, 2.05) is 50.4 Å². The second-order valence-electron chi connectivity index (χ2n) is 5.90. The molecule has 2 heterocycles. The fourth-order valence-corrected chi connectivity index (χ4v) is 4.47. The molecule has 0 aliphatic heterocycles. The summed E-state index contributed by atoms with van der Waals surface area (Å²) in [5.41, 5.74) is 4.72. The fourth-order valence-electron chi connectivity index (χ4n) is 2.98. The summed E-state index contributed by atoms with van der Waals surface area (Å²) in [6, 6.07) is 7.27. The first kappa shape index (κ1) is 15.6. The summed E-state index contributed by atoms with van der Waals surface area (Å²) in [5.74, 6) is 0. The lowest BCUT2D eigenvalue weighted by Crippen LogP contribution is -2.16. The molecule has 6 heteroatoms. The first-order valence-corrected chi connectivity index (χ1v) is 8.80. The molecule has 0 saturated heterocycles. The van der Waals surface area contributed by atoms with Gasteiger partial charge in [-0.1, -0.05) is 17.7 Å². The molecule has 1 aromatic carbocycles. The predicted molar refractivity (Wildman–Crippen MR) is 91.4 cm³/mol. The number of fused-ring (bicyclic) bond motifs is 1. The van der Waals surface area contributed by atoms with E-state index in [-0.39, 0.29) is 0 Å². The maximum Gasteiger partial charge on any atom is 0.262 e. The highest BCUT2D eigenvalue weighted by atomic mass is 32.2. The second kappa shape index (κ2) is 5.38. The normalized spacial score (nSPS) is 11.8. The second-order valence-corrected chi connectivity index (χ2v) is 7.52. The van der Waals surface area contributed by atoms with E-state index >= 15 is 0 Å². The highest BCUT2D eigenvalue weighted by molar-refractivity contribution is 7.92. The quantitative estimate of drug-likeness (QED) is 0.801. The van der Waals surface area contributed by atoms with Gasteiger partial charge in [-0.15, -0.1) is 0 Å². The van der Waals surface area contributed by atoms with Crippen molar-refractivity contribution in [3.63, 3.8) is 0 Å². The molecule has 5 nitrogen and oxygen atoms in total. The van der Waals surface area contributed by atoms with Crippen LogP contribution in [0.4, 0.5) is 5.69 Å². The number of aromatic nitrogens is 2. The van der Waals surface area contributed by atoms with Crippen LogP contribution >= 0.6 is 0 Å². The number of imidazole rings is 1. The topological polar surface area (TPSA) is 63.5 Å². The van der Waals surface area contributed by atoms with E-state index in [0.29, 0.717) is 10.6 Å². The zero-order valence-corrected chi connectivity index (χ0v) is 14.4. The van der Waals surface area contributed by atoms with Crippen molar-refractivity contribution in [1.29, 1.82) is 0 Å². The molecule has 0 spiro atoms. The standard InChI is InChI=1S/C17H19N3O2S/c1-11-7-12(2)17(13(3)8-11)23(21,22)19-15-5-6-16-18-14(4)9-20(16)10-15/h5-10,19H,1-4H3. The monoisotopic (exact) mass is 329 g/mol. The van der Waals surface area contributed by atoms with Gasteiger partial charge < -0.3 is 4.40 Å². The van der Waals surface area contributed by atoms with Gasteiger partial charge in [-0.3, -0.25) is 4.72 Å². The van der Waals surface area contributed by atoms with Gasteiger partial charge >= 0.3 is 0 Å². The Balaban J connectivity index is 2.03. The van der Waals surface area contributed by atoms with Gasteiger partial charge in [0.15, 0.2) is 0 Å². The highest BCUT2D eigenvalue weighted by Crippen LogP contribution is 2.24. The minimum Gasteiger partial charge on any atom is -0.305 e. The van der Waals surface area contributed by atoms with Gasteiger partial charge in [-0.2, -0.15) is 0 Å². The Labute approximate surface area is 136 Å². The van der Waals surface area contributed by atoms with Crippen LogP contribution in [-0.4, -0.2) is 17.8 Å². The first-order chi connectivity index (χ1) is 10.8. The summed E-state index contributed by atoms with van der Waals surface area (Å²) in [4.78, 5) is 4.67. The van der Waals surface area contributed by atoms with Crippen molar-refractivity contribution in [2.24, 2.45) is 0 Å². The number of anilines is 1. The van der Waals surface area contributed by atoms with Crippen molar-refractivity contribution in [2.45, 2.75) is 32.6 Å². The van der Waals surface area contributed by atoms with Crippen LogP contribution in [0.5, 0.6) is 0 Å².